The molecule has 0 aromatic heterocycles. The lowest BCUT2D eigenvalue weighted by Crippen LogP contribution is -2.23. The maximum absolute atomic E-state index is 11.6. The monoisotopic (exact) mass is 327 g/mol. The molecule has 1 aliphatic rings. The maximum Gasteiger partial charge on any atom is 0.245 e. The van der Waals surface area contributed by atoms with Gasteiger partial charge in [0.1, 0.15) is 0 Å². The summed E-state index contributed by atoms with van der Waals surface area (Å²) in [5.74, 6) is 1.67. The van der Waals surface area contributed by atoms with Crippen LogP contribution in [-0.4, -0.2) is 17.9 Å². The minimum Gasteiger partial charge on any atom is -0.338 e. The number of likely N-dealkylation sites (N-methyl/N-ethyl adjacent to an activating group) is 1. The molecule has 2 nitrogen and oxygen atoms in total. The van der Waals surface area contributed by atoms with Gasteiger partial charge in [-0.2, -0.15) is 0 Å². The average Bonchev–Trinajstić information content (AvgIpc) is 2.62. The standard InChI is InChI=1S/C22H33NO/c1-4-6-7-8-18-9-13-20(14-10-18)21-15-11-19(12-16-21)17-23(3)22(24)5-2/h5,11-12,15-16,18,20H,2,4,6-10,13-14,17H2,1,3H3. The van der Waals surface area contributed by atoms with E-state index in [4.69, 9.17) is 0 Å². The van der Waals surface area contributed by atoms with Crippen molar-refractivity contribution in [3.05, 3.63) is 48.0 Å². The average molecular weight is 328 g/mol. The zero-order valence-corrected chi connectivity index (χ0v) is 15.5. The lowest BCUT2D eigenvalue weighted by atomic mass is 9.77. The number of benzene rings is 1. The predicted octanol–water partition coefficient (Wildman–Crippen LogP) is 5.69. The highest BCUT2D eigenvalue weighted by Gasteiger charge is 2.22. The van der Waals surface area contributed by atoms with E-state index in [0.29, 0.717) is 6.54 Å². The number of carbonyl (C=O) groups is 1. The van der Waals surface area contributed by atoms with E-state index in [1.54, 1.807) is 4.90 Å². The Morgan fingerprint density at radius 2 is 1.83 bits per heavy atom. The van der Waals surface area contributed by atoms with Gasteiger partial charge in [0.15, 0.2) is 0 Å². The van der Waals surface area contributed by atoms with Gasteiger partial charge in [-0.15, -0.1) is 0 Å². The summed E-state index contributed by atoms with van der Waals surface area (Å²) in [6, 6.07) is 8.89. The van der Waals surface area contributed by atoms with Crippen LogP contribution in [0.1, 0.15) is 75.3 Å². The van der Waals surface area contributed by atoms with Crippen molar-refractivity contribution in [2.75, 3.05) is 7.05 Å². The second-order valence-electron chi connectivity index (χ2n) is 7.35. The third-order valence-corrected chi connectivity index (χ3v) is 5.48. The molecule has 24 heavy (non-hydrogen) atoms. The SMILES string of the molecule is C=CC(=O)N(C)Cc1ccc(C2CCC(CCCCC)CC2)cc1. The van der Waals surface area contributed by atoms with E-state index >= 15 is 0 Å². The molecular weight excluding hydrogens is 294 g/mol. The van der Waals surface area contributed by atoms with Crippen molar-refractivity contribution in [3.63, 3.8) is 0 Å². The van der Waals surface area contributed by atoms with Crippen LogP contribution in [0.2, 0.25) is 0 Å². The fourth-order valence-electron chi connectivity index (χ4n) is 3.87. The van der Waals surface area contributed by atoms with E-state index in [-0.39, 0.29) is 5.91 Å². The topological polar surface area (TPSA) is 20.3 Å². The molecule has 0 atom stereocenters. The Labute approximate surface area is 147 Å². The molecule has 1 saturated carbocycles. The molecule has 0 spiro atoms. The Morgan fingerprint density at radius 1 is 1.17 bits per heavy atom. The van der Waals surface area contributed by atoms with E-state index in [2.05, 4.69) is 37.8 Å². The van der Waals surface area contributed by atoms with E-state index < -0.39 is 0 Å². The Morgan fingerprint density at radius 3 is 2.42 bits per heavy atom. The summed E-state index contributed by atoms with van der Waals surface area (Å²) in [4.78, 5) is 13.3. The van der Waals surface area contributed by atoms with Crippen molar-refractivity contribution in [1.82, 2.24) is 4.90 Å². The largest absolute Gasteiger partial charge is 0.338 e. The van der Waals surface area contributed by atoms with Gasteiger partial charge in [0.25, 0.3) is 0 Å². The molecule has 2 rings (SSSR count). The van der Waals surface area contributed by atoms with Crippen molar-refractivity contribution >= 4 is 5.91 Å². The second kappa shape index (κ2) is 9.66. The van der Waals surface area contributed by atoms with Gasteiger partial charge in [-0.1, -0.05) is 63.5 Å². The normalized spacial score (nSPS) is 20.6. The molecule has 1 aliphatic carbocycles. The first kappa shape index (κ1) is 18.8. The molecule has 0 bridgehead atoms. The summed E-state index contributed by atoms with van der Waals surface area (Å²) in [5, 5.41) is 0. The smallest absolute Gasteiger partial charge is 0.245 e. The summed E-state index contributed by atoms with van der Waals surface area (Å²) in [6.07, 6.45) is 12.4. The number of unbranched alkanes of at least 4 members (excludes halogenated alkanes) is 2. The Hall–Kier alpha value is -1.57. The van der Waals surface area contributed by atoms with E-state index in [9.17, 15) is 4.79 Å². The summed E-state index contributed by atoms with van der Waals surface area (Å²) in [6.45, 7) is 6.47. The van der Waals surface area contributed by atoms with Gasteiger partial charge in [0.2, 0.25) is 5.91 Å². The predicted molar refractivity (Wildman–Crippen MR) is 102 cm³/mol. The van der Waals surface area contributed by atoms with E-state index in [1.807, 2.05) is 7.05 Å². The fourth-order valence-corrected chi connectivity index (χ4v) is 3.87. The number of carbonyl (C=O) groups excluding carboxylic acids is 1. The minimum absolute atomic E-state index is 0.0273. The lowest BCUT2D eigenvalue weighted by molar-refractivity contribution is -0.125. The first-order valence-electron chi connectivity index (χ1n) is 9.60. The fraction of sp³-hybridized carbons (Fsp3) is 0.591. The first-order valence-corrected chi connectivity index (χ1v) is 9.60. The quantitative estimate of drug-likeness (QED) is 0.444. The Balaban J connectivity index is 1.81. The van der Waals surface area contributed by atoms with Gasteiger partial charge in [0, 0.05) is 13.6 Å². The Kier molecular flexibility index (Phi) is 7.55. The lowest BCUT2D eigenvalue weighted by Gasteiger charge is -2.29. The van der Waals surface area contributed by atoms with Crippen molar-refractivity contribution in [1.29, 1.82) is 0 Å². The zero-order valence-electron chi connectivity index (χ0n) is 15.5. The van der Waals surface area contributed by atoms with Crippen LogP contribution in [0.3, 0.4) is 0 Å². The highest BCUT2D eigenvalue weighted by Crippen LogP contribution is 2.37. The third-order valence-electron chi connectivity index (χ3n) is 5.48. The van der Waals surface area contributed by atoms with Crippen molar-refractivity contribution in [3.8, 4) is 0 Å². The molecule has 1 aromatic carbocycles. The van der Waals surface area contributed by atoms with Crippen LogP contribution in [-0.2, 0) is 11.3 Å². The molecular formula is C22H33NO. The van der Waals surface area contributed by atoms with Crippen molar-refractivity contribution in [2.45, 2.75) is 70.8 Å². The maximum atomic E-state index is 11.6. The molecule has 0 saturated heterocycles. The Bertz CT molecular complexity index is 511. The number of amides is 1. The van der Waals surface area contributed by atoms with Crippen LogP contribution in [0, 0.1) is 5.92 Å². The molecule has 132 valence electrons. The minimum atomic E-state index is -0.0273. The highest BCUT2D eigenvalue weighted by atomic mass is 16.2. The number of hydrogen-bond donors (Lipinski definition) is 0. The van der Waals surface area contributed by atoms with Gasteiger partial charge in [-0.05, 0) is 54.7 Å². The molecule has 0 radical (unpaired) electrons. The van der Waals surface area contributed by atoms with E-state index in [0.717, 1.165) is 11.8 Å². The van der Waals surface area contributed by atoms with Crippen LogP contribution in [0.4, 0.5) is 0 Å². The van der Waals surface area contributed by atoms with Crippen LogP contribution in [0.15, 0.2) is 36.9 Å². The molecule has 1 aromatic rings. The number of nitrogens with zero attached hydrogens (tertiary/aromatic N) is 1. The van der Waals surface area contributed by atoms with Crippen LogP contribution >= 0.6 is 0 Å². The summed E-state index contributed by atoms with van der Waals surface area (Å²) in [7, 11) is 1.82. The molecule has 0 heterocycles. The molecule has 1 amide bonds. The van der Waals surface area contributed by atoms with Gasteiger partial charge in [0.05, 0.1) is 0 Å². The van der Waals surface area contributed by atoms with Gasteiger partial charge >= 0.3 is 0 Å². The molecule has 0 N–H and O–H groups in total. The number of hydrogen-bond acceptors (Lipinski definition) is 1. The van der Waals surface area contributed by atoms with Gasteiger partial charge in [-0.25, -0.2) is 0 Å². The zero-order chi connectivity index (χ0) is 17.4. The summed E-state index contributed by atoms with van der Waals surface area (Å²) >= 11 is 0. The highest BCUT2D eigenvalue weighted by molar-refractivity contribution is 5.86. The first-order chi connectivity index (χ1) is 11.6. The summed E-state index contributed by atoms with van der Waals surface area (Å²) < 4.78 is 0. The molecule has 1 fully saturated rings. The van der Waals surface area contributed by atoms with Crippen LogP contribution in [0.5, 0.6) is 0 Å². The second-order valence-corrected chi connectivity index (χ2v) is 7.35. The van der Waals surface area contributed by atoms with Crippen molar-refractivity contribution < 1.29 is 4.79 Å². The van der Waals surface area contributed by atoms with E-state index in [1.165, 1.54) is 68.6 Å². The third kappa shape index (κ3) is 5.51. The van der Waals surface area contributed by atoms with Crippen molar-refractivity contribution in [2.24, 2.45) is 5.92 Å². The van der Waals surface area contributed by atoms with Gasteiger partial charge < -0.3 is 4.90 Å². The van der Waals surface area contributed by atoms with Crippen LogP contribution in [0.25, 0.3) is 0 Å². The summed E-state index contributed by atoms with van der Waals surface area (Å²) in [5.41, 5.74) is 2.66. The molecule has 0 unspecified atom stereocenters. The van der Waals surface area contributed by atoms with Gasteiger partial charge in [-0.3, -0.25) is 4.79 Å². The molecule has 0 aliphatic heterocycles. The molecule has 2 heteroatoms. The van der Waals surface area contributed by atoms with Crippen LogP contribution < -0.4 is 0 Å². The number of rotatable bonds is 8.